The van der Waals surface area contributed by atoms with Crippen LogP contribution in [0.15, 0.2) is 61.2 Å². The molecule has 0 radical (unpaired) electrons. The number of morpholine rings is 1. The van der Waals surface area contributed by atoms with Gasteiger partial charge in [-0.2, -0.15) is 5.10 Å². The molecule has 0 aliphatic carbocycles. The molecule has 4 aromatic rings. The minimum absolute atomic E-state index is 0.275. The smallest absolute Gasteiger partial charge is 0.247 e. The van der Waals surface area contributed by atoms with Crippen molar-refractivity contribution < 1.29 is 9.53 Å². The molecule has 0 spiro atoms. The van der Waals surface area contributed by atoms with Crippen LogP contribution in [0.25, 0.3) is 22.3 Å². The molecule has 1 amide bonds. The van der Waals surface area contributed by atoms with Crippen LogP contribution >= 0.6 is 0 Å². The SMILES string of the molecule is C=CC(=O)Nc1cccc(-c2nc(Nc3cc(C)[nH]n3)c3ccc(N4CCOCC4)cc3n2)c1. The number of carbonyl (C=O) groups excluding carboxylic acids is 1. The van der Waals surface area contributed by atoms with E-state index in [4.69, 9.17) is 14.7 Å². The van der Waals surface area contributed by atoms with Crippen LogP contribution in [0.5, 0.6) is 0 Å². The number of nitrogens with zero attached hydrogens (tertiary/aromatic N) is 4. The van der Waals surface area contributed by atoms with Gasteiger partial charge in [0.15, 0.2) is 11.6 Å². The van der Waals surface area contributed by atoms with Gasteiger partial charge in [0.2, 0.25) is 5.91 Å². The van der Waals surface area contributed by atoms with E-state index in [0.29, 0.717) is 36.4 Å². The van der Waals surface area contributed by atoms with E-state index in [1.165, 1.54) is 6.08 Å². The molecule has 2 aromatic heterocycles. The van der Waals surface area contributed by atoms with Crippen molar-refractivity contribution in [2.75, 3.05) is 41.8 Å². The number of carbonyl (C=O) groups is 1. The van der Waals surface area contributed by atoms with Crippen LogP contribution in [-0.2, 0) is 9.53 Å². The summed E-state index contributed by atoms with van der Waals surface area (Å²) in [6.07, 6.45) is 1.24. The molecule has 1 aliphatic rings. The summed E-state index contributed by atoms with van der Waals surface area (Å²) in [5.74, 6) is 1.59. The van der Waals surface area contributed by atoms with Gasteiger partial charge in [-0.25, -0.2) is 9.97 Å². The molecule has 1 saturated heterocycles. The van der Waals surface area contributed by atoms with Crippen molar-refractivity contribution in [3.05, 3.63) is 66.9 Å². The number of nitrogens with one attached hydrogen (secondary N) is 3. The summed E-state index contributed by atoms with van der Waals surface area (Å²) in [6, 6.07) is 15.5. The average molecular weight is 456 g/mol. The second-order valence-electron chi connectivity index (χ2n) is 8.03. The van der Waals surface area contributed by atoms with Gasteiger partial charge in [-0.1, -0.05) is 18.7 Å². The molecule has 0 unspecified atom stereocenters. The zero-order chi connectivity index (χ0) is 23.5. The Morgan fingerprint density at radius 2 is 2.00 bits per heavy atom. The number of benzene rings is 2. The van der Waals surface area contributed by atoms with Crippen LogP contribution < -0.4 is 15.5 Å². The highest BCUT2D eigenvalue weighted by molar-refractivity contribution is 5.99. The van der Waals surface area contributed by atoms with Gasteiger partial charge in [0.05, 0.1) is 18.7 Å². The highest BCUT2D eigenvalue weighted by Crippen LogP contribution is 2.31. The normalized spacial score (nSPS) is 13.6. The topological polar surface area (TPSA) is 108 Å². The summed E-state index contributed by atoms with van der Waals surface area (Å²) >= 11 is 0. The summed E-state index contributed by atoms with van der Waals surface area (Å²) in [5.41, 5.74) is 4.27. The molecular weight excluding hydrogens is 430 g/mol. The van der Waals surface area contributed by atoms with Crippen LogP contribution in [0.4, 0.5) is 23.0 Å². The molecule has 9 nitrogen and oxygen atoms in total. The van der Waals surface area contributed by atoms with E-state index in [1.807, 2.05) is 43.3 Å². The van der Waals surface area contributed by atoms with Crippen LogP contribution in [0.3, 0.4) is 0 Å². The summed E-state index contributed by atoms with van der Waals surface area (Å²) in [6.45, 7) is 8.55. The number of hydrogen-bond donors (Lipinski definition) is 3. The van der Waals surface area contributed by atoms with Crippen molar-refractivity contribution >= 4 is 39.8 Å². The van der Waals surface area contributed by atoms with E-state index in [9.17, 15) is 4.79 Å². The lowest BCUT2D eigenvalue weighted by molar-refractivity contribution is -0.111. The van der Waals surface area contributed by atoms with Gasteiger partial charge in [-0.15, -0.1) is 0 Å². The summed E-state index contributed by atoms with van der Waals surface area (Å²) in [4.78, 5) is 23.7. The van der Waals surface area contributed by atoms with Gasteiger partial charge in [0.1, 0.15) is 5.82 Å². The average Bonchev–Trinajstić information content (AvgIpc) is 3.28. The Hall–Kier alpha value is -4.24. The van der Waals surface area contributed by atoms with E-state index in [2.05, 4.69) is 44.4 Å². The number of aryl methyl sites for hydroxylation is 1. The fourth-order valence-corrected chi connectivity index (χ4v) is 3.89. The molecule has 1 aliphatic heterocycles. The first-order valence-electron chi connectivity index (χ1n) is 11.1. The number of anilines is 4. The highest BCUT2D eigenvalue weighted by Gasteiger charge is 2.16. The Kier molecular flexibility index (Phi) is 5.92. The fourth-order valence-electron chi connectivity index (χ4n) is 3.89. The molecule has 0 bridgehead atoms. The third-order valence-corrected chi connectivity index (χ3v) is 5.58. The lowest BCUT2D eigenvalue weighted by atomic mass is 10.1. The van der Waals surface area contributed by atoms with Crippen LogP contribution in [-0.4, -0.2) is 52.4 Å². The highest BCUT2D eigenvalue weighted by atomic mass is 16.5. The van der Waals surface area contributed by atoms with E-state index in [1.54, 1.807) is 0 Å². The van der Waals surface area contributed by atoms with Crippen LogP contribution in [0, 0.1) is 6.92 Å². The van der Waals surface area contributed by atoms with Crippen molar-refractivity contribution in [2.45, 2.75) is 6.92 Å². The summed E-state index contributed by atoms with van der Waals surface area (Å²) < 4.78 is 5.50. The third-order valence-electron chi connectivity index (χ3n) is 5.58. The third kappa shape index (κ3) is 4.60. The number of hydrogen-bond acceptors (Lipinski definition) is 7. The molecule has 1 fully saturated rings. The van der Waals surface area contributed by atoms with Crippen LogP contribution in [0.2, 0.25) is 0 Å². The zero-order valence-electron chi connectivity index (χ0n) is 18.8. The van der Waals surface area contributed by atoms with E-state index in [-0.39, 0.29) is 5.91 Å². The molecule has 5 rings (SSSR count). The predicted molar refractivity (Wildman–Crippen MR) is 133 cm³/mol. The van der Waals surface area contributed by atoms with Gasteiger partial charge in [-0.3, -0.25) is 9.89 Å². The molecule has 9 heteroatoms. The molecule has 0 saturated carbocycles. The quantitative estimate of drug-likeness (QED) is 0.377. The minimum Gasteiger partial charge on any atom is -0.378 e. The first-order chi connectivity index (χ1) is 16.6. The Balaban J connectivity index is 1.59. The Bertz CT molecular complexity index is 1360. The fraction of sp³-hybridized carbons (Fsp3) is 0.200. The number of ether oxygens (including phenoxy) is 1. The van der Waals surface area contributed by atoms with Crippen molar-refractivity contribution in [1.82, 2.24) is 20.2 Å². The molecule has 2 aromatic carbocycles. The molecule has 0 atom stereocenters. The molecular formula is C25H25N7O2. The Morgan fingerprint density at radius 3 is 2.76 bits per heavy atom. The number of rotatable bonds is 6. The number of H-pyrrole nitrogens is 1. The van der Waals surface area contributed by atoms with E-state index < -0.39 is 0 Å². The first kappa shape index (κ1) is 21.6. The van der Waals surface area contributed by atoms with E-state index >= 15 is 0 Å². The largest absolute Gasteiger partial charge is 0.378 e. The first-order valence-corrected chi connectivity index (χ1v) is 11.1. The Labute approximate surface area is 196 Å². The van der Waals surface area contributed by atoms with Gasteiger partial charge >= 0.3 is 0 Å². The molecule has 34 heavy (non-hydrogen) atoms. The lowest BCUT2D eigenvalue weighted by Crippen LogP contribution is -2.36. The van der Waals surface area contributed by atoms with Gasteiger partial charge in [-0.05, 0) is 43.3 Å². The van der Waals surface area contributed by atoms with Crippen molar-refractivity contribution in [1.29, 1.82) is 0 Å². The number of aromatic amines is 1. The molecule has 3 N–H and O–H groups in total. The van der Waals surface area contributed by atoms with Crippen molar-refractivity contribution in [2.24, 2.45) is 0 Å². The summed E-state index contributed by atoms with van der Waals surface area (Å²) in [7, 11) is 0. The summed E-state index contributed by atoms with van der Waals surface area (Å²) in [5, 5.41) is 14.2. The zero-order valence-corrected chi connectivity index (χ0v) is 18.8. The van der Waals surface area contributed by atoms with Crippen LogP contribution in [0.1, 0.15) is 5.69 Å². The maximum atomic E-state index is 11.8. The number of fused-ring (bicyclic) bond motifs is 1. The maximum Gasteiger partial charge on any atom is 0.247 e. The maximum absolute atomic E-state index is 11.8. The minimum atomic E-state index is -0.275. The molecule has 3 heterocycles. The van der Waals surface area contributed by atoms with Gasteiger partial charge in [0.25, 0.3) is 0 Å². The number of aromatic nitrogens is 4. The standard InChI is InChI=1S/C25H25N7O2/c1-3-23(33)26-18-6-4-5-17(14-18)24-27-21-15-19(32-9-11-34-12-10-32)7-8-20(21)25(29-24)28-22-13-16(2)30-31-22/h3-8,13-15H,1,9-12H2,2H3,(H,26,33)(H2,27,28,29,30,31). The number of amides is 1. The van der Waals surface area contributed by atoms with E-state index in [0.717, 1.165) is 40.9 Å². The monoisotopic (exact) mass is 455 g/mol. The lowest BCUT2D eigenvalue weighted by Gasteiger charge is -2.29. The molecule has 172 valence electrons. The van der Waals surface area contributed by atoms with Crippen molar-refractivity contribution in [3.8, 4) is 11.4 Å². The Morgan fingerprint density at radius 1 is 1.15 bits per heavy atom. The second kappa shape index (κ2) is 9.32. The van der Waals surface area contributed by atoms with Gasteiger partial charge in [0, 0.05) is 47.2 Å². The van der Waals surface area contributed by atoms with Gasteiger partial charge < -0.3 is 20.3 Å². The second-order valence-corrected chi connectivity index (χ2v) is 8.03. The van der Waals surface area contributed by atoms with Crippen molar-refractivity contribution in [3.63, 3.8) is 0 Å². The predicted octanol–water partition coefficient (Wildman–Crippen LogP) is 4.03.